The summed E-state index contributed by atoms with van der Waals surface area (Å²) < 4.78 is 31.8. The highest BCUT2D eigenvalue weighted by Crippen LogP contribution is 2.28. The van der Waals surface area contributed by atoms with Gasteiger partial charge in [-0.2, -0.15) is 0 Å². The second-order valence-corrected chi connectivity index (χ2v) is 4.59. The quantitative estimate of drug-likeness (QED) is 0.853. The van der Waals surface area contributed by atoms with Crippen LogP contribution in [0.15, 0.2) is 30.3 Å². The van der Waals surface area contributed by atoms with Crippen molar-refractivity contribution in [2.24, 2.45) is 0 Å². The van der Waals surface area contributed by atoms with Gasteiger partial charge in [-0.25, -0.2) is 8.78 Å². The van der Waals surface area contributed by atoms with E-state index in [0.717, 1.165) is 6.07 Å². The van der Waals surface area contributed by atoms with E-state index >= 15 is 0 Å². The summed E-state index contributed by atoms with van der Waals surface area (Å²) >= 11 is 5.83. The minimum Gasteiger partial charge on any atom is -0.495 e. The number of nitrogens with two attached hydrogens (primary N) is 1. The molecule has 0 unspecified atom stereocenters. The van der Waals surface area contributed by atoms with Crippen molar-refractivity contribution in [1.29, 1.82) is 0 Å². The SMILES string of the molecule is COc1ccc(Cl)cc1NC(=O)c1cc(N)c(F)cc1F. The molecule has 0 aliphatic carbocycles. The fraction of sp³-hybridized carbons (Fsp3) is 0.0714. The first-order chi connectivity index (χ1) is 9.92. The fourth-order valence-corrected chi connectivity index (χ4v) is 1.88. The van der Waals surface area contributed by atoms with E-state index in [4.69, 9.17) is 22.1 Å². The molecule has 0 saturated heterocycles. The number of anilines is 2. The van der Waals surface area contributed by atoms with Crippen molar-refractivity contribution in [2.75, 3.05) is 18.2 Å². The Morgan fingerprint density at radius 2 is 1.95 bits per heavy atom. The maximum absolute atomic E-state index is 13.6. The summed E-state index contributed by atoms with van der Waals surface area (Å²) in [4.78, 5) is 12.1. The molecular weight excluding hydrogens is 302 g/mol. The highest BCUT2D eigenvalue weighted by Gasteiger charge is 2.16. The number of nitrogens with one attached hydrogen (secondary N) is 1. The predicted molar refractivity (Wildman–Crippen MR) is 76.7 cm³/mol. The third-order valence-electron chi connectivity index (χ3n) is 2.74. The van der Waals surface area contributed by atoms with Gasteiger partial charge in [0, 0.05) is 11.1 Å². The molecule has 3 N–H and O–H groups in total. The van der Waals surface area contributed by atoms with Gasteiger partial charge in [0.05, 0.1) is 24.0 Å². The molecule has 0 spiro atoms. The number of carbonyl (C=O) groups excluding carboxylic acids is 1. The molecule has 0 saturated carbocycles. The summed E-state index contributed by atoms with van der Waals surface area (Å²) in [7, 11) is 1.41. The molecule has 0 aliphatic heterocycles. The lowest BCUT2D eigenvalue weighted by Crippen LogP contribution is -2.15. The van der Waals surface area contributed by atoms with Crippen molar-refractivity contribution < 1.29 is 18.3 Å². The molecule has 0 bridgehead atoms. The Hall–Kier alpha value is -2.34. The minimum atomic E-state index is -1.01. The van der Waals surface area contributed by atoms with Gasteiger partial charge >= 0.3 is 0 Å². The van der Waals surface area contributed by atoms with Crippen LogP contribution in [0, 0.1) is 11.6 Å². The van der Waals surface area contributed by atoms with Crippen LogP contribution in [-0.4, -0.2) is 13.0 Å². The van der Waals surface area contributed by atoms with E-state index in [1.165, 1.54) is 13.2 Å². The number of methoxy groups -OCH3 is 1. The Bertz CT molecular complexity index is 708. The first kappa shape index (κ1) is 15.1. The lowest BCUT2D eigenvalue weighted by Gasteiger charge is -2.11. The van der Waals surface area contributed by atoms with E-state index < -0.39 is 17.5 Å². The smallest absolute Gasteiger partial charge is 0.258 e. The van der Waals surface area contributed by atoms with Crippen LogP contribution in [0.4, 0.5) is 20.2 Å². The molecule has 0 aliphatic rings. The fourth-order valence-electron chi connectivity index (χ4n) is 1.71. The zero-order valence-electron chi connectivity index (χ0n) is 10.9. The van der Waals surface area contributed by atoms with Crippen LogP contribution in [0.25, 0.3) is 0 Å². The molecule has 1 amide bonds. The van der Waals surface area contributed by atoms with Crippen LogP contribution in [0.3, 0.4) is 0 Å². The van der Waals surface area contributed by atoms with E-state index in [0.29, 0.717) is 16.8 Å². The Morgan fingerprint density at radius 1 is 1.24 bits per heavy atom. The van der Waals surface area contributed by atoms with Crippen molar-refractivity contribution in [1.82, 2.24) is 0 Å². The molecular formula is C14H11ClF2N2O2. The standard InChI is InChI=1S/C14H11ClF2N2O2/c1-21-13-3-2-7(15)4-12(13)19-14(20)8-5-11(18)10(17)6-9(8)16/h2-6H,18H2,1H3,(H,19,20). The lowest BCUT2D eigenvalue weighted by atomic mass is 10.1. The summed E-state index contributed by atoms with van der Waals surface area (Å²) in [6.07, 6.45) is 0. The van der Waals surface area contributed by atoms with E-state index in [1.807, 2.05) is 0 Å². The van der Waals surface area contributed by atoms with Crippen molar-refractivity contribution in [3.63, 3.8) is 0 Å². The molecule has 0 radical (unpaired) electrons. The zero-order chi connectivity index (χ0) is 15.6. The van der Waals surface area contributed by atoms with Crippen molar-refractivity contribution in [2.45, 2.75) is 0 Å². The number of hydrogen-bond donors (Lipinski definition) is 2. The minimum absolute atomic E-state index is 0.261. The van der Waals surface area contributed by atoms with E-state index in [2.05, 4.69) is 5.32 Å². The van der Waals surface area contributed by atoms with Gasteiger partial charge in [0.2, 0.25) is 0 Å². The summed E-state index contributed by atoms with van der Waals surface area (Å²) in [5.41, 5.74) is 4.90. The van der Waals surface area contributed by atoms with Gasteiger partial charge in [0.15, 0.2) is 0 Å². The number of carbonyl (C=O) groups is 1. The monoisotopic (exact) mass is 312 g/mol. The molecule has 21 heavy (non-hydrogen) atoms. The first-order valence-corrected chi connectivity index (χ1v) is 6.19. The van der Waals surface area contributed by atoms with Crippen LogP contribution in [0.2, 0.25) is 5.02 Å². The second-order valence-electron chi connectivity index (χ2n) is 4.15. The number of benzene rings is 2. The molecule has 2 aromatic carbocycles. The lowest BCUT2D eigenvalue weighted by molar-refractivity contribution is 0.102. The predicted octanol–water partition coefficient (Wildman–Crippen LogP) is 3.46. The Labute approximate surface area is 124 Å². The molecule has 0 aromatic heterocycles. The average Bonchev–Trinajstić information content (AvgIpc) is 2.43. The third-order valence-corrected chi connectivity index (χ3v) is 2.98. The Kier molecular flexibility index (Phi) is 4.28. The first-order valence-electron chi connectivity index (χ1n) is 5.81. The number of nitrogen functional groups attached to an aromatic ring is 1. The highest BCUT2D eigenvalue weighted by molar-refractivity contribution is 6.31. The van der Waals surface area contributed by atoms with E-state index in [-0.39, 0.29) is 16.9 Å². The zero-order valence-corrected chi connectivity index (χ0v) is 11.7. The van der Waals surface area contributed by atoms with Gasteiger partial charge in [-0.1, -0.05) is 11.6 Å². The Balaban J connectivity index is 2.34. The molecule has 0 heterocycles. The summed E-state index contributed by atoms with van der Waals surface area (Å²) in [5, 5.41) is 2.81. The van der Waals surface area contributed by atoms with Gasteiger partial charge in [-0.3, -0.25) is 4.79 Å². The Morgan fingerprint density at radius 3 is 2.62 bits per heavy atom. The topological polar surface area (TPSA) is 64.3 Å². The third kappa shape index (κ3) is 3.22. The summed E-state index contributed by atoms with van der Waals surface area (Å²) in [6.45, 7) is 0. The van der Waals surface area contributed by atoms with Crippen LogP contribution >= 0.6 is 11.6 Å². The van der Waals surface area contributed by atoms with Crippen LogP contribution < -0.4 is 15.8 Å². The van der Waals surface area contributed by atoms with E-state index in [1.54, 1.807) is 12.1 Å². The molecule has 2 aromatic rings. The molecule has 0 atom stereocenters. The normalized spacial score (nSPS) is 10.3. The van der Waals surface area contributed by atoms with Crippen LogP contribution in [0.5, 0.6) is 5.75 Å². The second kappa shape index (κ2) is 5.97. The summed E-state index contributed by atoms with van der Waals surface area (Å²) in [6, 6.07) is 6.05. The number of halogens is 3. The van der Waals surface area contributed by atoms with Gasteiger partial charge in [-0.15, -0.1) is 0 Å². The van der Waals surface area contributed by atoms with Crippen LogP contribution in [-0.2, 0) is 0 Å². The van der Waals surface area contributed by atoms with Crippen molar-refractivity contribution in [3.05, 3.63) is 52.6 Å². The van der Waals surface area contributed by atoms with Gasteiger partial charge < -0.3 is 15.8 Å². The highest BCUT2D eigenvalue weighted by atomic mass is 35.5. The molecule has 0 fully saturated rings. The maximum Gasteiger partial charge on any atom is 0.258 e. The summed E-state index contributed by atoms with van der Waals surface area (Å²) in [5.74, 6) is -2.38. The van der Waals surface area contributed by atoms with Crippen molar-refractivity contribution >= 4 is 28.9 Å². The molecule has 7 heteroatoms. The molecule has 110 valence electrons. The number of amides is 1. The van der Waals surface area contributed by atoms with Gasteiger partial charge in [0.25, 0.3) is 5.91 Å². The molecule has 4 nitrogen and oxygen atoms in total. The molecule has 2 rings (SSSR count). The number of ether oxygens (including phenoxy) is 1. The maximum atomic E-state index is 13.6. The van der Waals surface area contributed by atoms with Gasteiger partial charge in [0.1, 0.15) is 17.4 Å². The average molecular weight is 313 g/mol. The van der Waals surface area contributed by atoms with Crippen LogP contribution in [0.1, 0.15) is 10.4 Å². The number of rotatable bonds is 3. The van der Waals surface area contributed by atoms with Crippen molar-refractivity contribution in [3.8, 4) is 5.75 Å². The number of hydrogen-bond acceptors (Lipinski definition) is 3. The largest absolute Gasteiger partial charge is 0.495 e. The van der Waals surface area contributed by atoms with E-state index in [9.17, 15) is 13.6 Å². The van der Waals surface area contributed by atoms with Gasteiger partial charge in [-0.05, 0) is 24.3 Å².